The second-order valence-electron chi connectivity index (χ2n) is 19.7. The van der Waals surface area contributed by atoms with Gasteiger partial charge in [0.05, 0.1) is 11.4 Å². The van der Waals surface area contributed by atoms with Crippen LogP contribution in [0.25, 0.3) is 11.4 Å². The summed E-state index contributed by atoms with van der Waals surface area (Å²) in [7, 11) is 0. The van der Waals surface area contributed by atoms with E-state index in [0.717, 1.165) is 79.3 Å². The second-order valence-corrected chi connectivity index (χ2v) is 19.7. The summed E-state index contributed by atoms with van der Waals surface area (Å²) >= 11 is 0. The molecule has 3 aliphatic heterocycles. The van der Waals surface area contributed by atoms with E-state index < -0.39 is 5.60 Å². The van der Waals surface area contributed by atoms with Gasteiger partial charge in [0.15, 0.2) is 0 Å². The van der Waals surface area contributed by atoms with E-state index in [-0.39, 0.29) is 42.1 Å². The van der Waals surface area contributed by atoms with E-state index in [1.165, 1.54) is 0 Å². The number of nitrogens with one attached hydrogen (secondary N) is 2. The topological polar surface area (TPSA) is 217 Å². The van der Waals surface area contributed by atoms with Crippen LogP contribution in [-0.2, 0) is 14.3 Å². The Morgan fingerprint density at radius 3 is 1.39 bits per heavy atom. The summed E-state index contributed by atoms with van der Waals surface area (Å²) in [4.78, 5) is 66.6. The molecular weight excluding hydrogens is 915 g/mol. The first-order valence-electron chi connectivity index (χ1n) is 24.4. The van der Waals surface area contributed by atoms with Crippen molar-refractivity contribution >= 4 is 64.2 Å². The molecule has 0 unspecified atom stereocenters. The molecule has 0 aliphatic carbocycles. The van der Waals surface area contributed by atoms with E-state index >= 15 is 0 Å². The zero-order valence-electron chi connectivity index (χ0n) is 42.7. The normalized spacial score (nSPS) is 19.3. The molecule has 7 heterocycles. The maximum atomic E-state index is 12.4. The van der Waals surface area contributed by atoms with Crippen molar-refractivity contribution in [2.24, 2.45) is 0 Å². The lowest BCUT2D eigenvalue weighted by molar-refractivity contribution is -0.134. The van der Waals surface area contributed by atoms with Gasteiger partial charge in [-0.2, -0.15) is 9.97 Å². The number of nitrogens with zero attached hydrogens (tertiary/aromatic N) is 14. The molecule has 3 saturated heterocycles. The highest BCUT2D eigenvalue weighted by molar-refractivity contribution is 5.75. The average molecular weight is 982 g/mol. The van der Waals surface area contributed by atoms with Crippen LogP contribution in [0.15, 0.2) is 97.8 Å². The van der Waals surface area contributed by atoms with Gasteiger partial charge in [0, 0.05) is 138 Å². The number of rotatable bonds is 9. The van der Waals surface area contributed by atoms with Crippen LogP contribution in [-0.4, -0.2) is 154 Å². The lowest BCUT2D eigenvalue weighted by atomic mass is 10.1. The van der Waals surface area contributed by atoms with Crippen molar-refractivity contribution in [2.75, 3.05) is 83.4 Å². The van der Waals surface area contributed by atoms with Crippen LogP contribution in [0.3, 0.4) is 0 Å². The summed E-state index contributed by atoms with van der Waals surface area (Å²) in [6.45, 7) is 22.9. The van der Waals surface area contributed by atoms with E-state index in [9.17, 15) is 14.4 Å². The van der Waals surface area contributed by atoms with Crippen molar-refractivity contribution < 1.29 is 19.1 Å². The highest BCUT2D eigenvalue weighted by atomic mass is 16.6. The molecule has 6 aromatic rings. The third-order valence-corrected chi connectivity index (χ3v) is 12.8. The van der Waals surface area contributed by atoms with E-state index in [2.05, 4.69) is 95.3 Å². The van der Waals surface area contributed by atoms with Crippen LogP contribution >= 0.6 is 0 Å². The molecular formula is C51H67N17O4. The Balaban J connectivity index is 0.000000204. The molecule has 3 amide bonds. The second kappa shape index (κ2) is 21.6. The van der Waals surface area contributed by atoms with E-state index in [0.29, 0.717) is 30.7 Å². The Labute approximate surface area is 421 Å². The zero-order valence-corrected chi connectivity index (χ0v) is 42.7. The number of aromatic nitrogens is 8. The molecule has 72 heavy (non-hydrogen) atoms. The maximum Gasteiger partial charge on any atom is 0.410 e. The van der Waals surface area contributed by atoms with E-state index in [4.69, 9.17) is 10.5 Å². The number of carbonyl (C=O) groups is 3. The van der Waals surface area contributed by atoms with Gasteiger partial charge in [-0.3, -0.25) is 9.59 Å². The summed E-state index contributed by atoms with van der Waals surface area (Å²) in [6, 6.07) is 23.8. The molecule has 3 fully saturated rings. The van der Waals surface area contributed by atoms with Crippen molar-refractivity contribution in [2.45, 2.75) is 92.1 Å². The lowest BCUT2D eigenvalue weighted by Crippen LogP contribution is -2.58. The Morgan fingerprint density at radius 2 is 0.986 bits per heavy atom. The van der Waals surface area contributed by atoms with Crippen molar-refractivity contribution in [1.29, 1.82) is 0 Å². The van der Waals surface area contributed by atoms with Gasteiger partial charge >= 0.3 is 6.09 Å². The van der Waals surface area contributed by atoms with Crippen molar-refractivity contribution in [3.05, 3.63) is 97.8 Å². The fourth-order valence-electron chi connectivity index (χ4n) is 9.65. The minimum Gasteiger partial charge on any atom is -0.444 e. The Hall–Kier alpha value is -7.97. The molecule has 2 aromatic carbocycles. The molecule has 0 saturated carbocycles. The van der Waals surface area contributed by atoms with Gasteiger partial charge in [-0.15, -0.1) is 10.2 Å². The SMILES string of the molecule is CC(=O)N1[C@H](C)CN(c2cc(-n3cnc(Nc4ccc(N)cc4)n3)ccn2)C[C@@H]1C.CC(=O)N1[C@H](C)CN(c2cc(-n3cnc(Nc4ccc(N5CCN(C(=O)OC(C)(C)C)CC5)cc4)n3)ccn2)C[C@@H]1C. The van der Waals surface area contributed by atoms with Gasteiger partial charge < -0.3 is 50.5 Å². The van der Waals surface area contributed by atoms with Gasteiger partial charge in [-0.25, -0.2) is 24.1 Å². The first-order chi connectivity index (χ1) is 34.4. The Morgan fingerprint density at radius 1 is 0.569 bits per heavy atom. The number of amides is 3. The van der Waals surface area contributed by atoms with Crippen molar-refractivity contribution in [1.82, 2.24) is 54.2 Å². The summed E-state index contributed by atoms with van der Waals surface area (Å²) < 4.78 is 8.94. The molecule has 9 rings (SSSR count). The standard InChI is InChI=1S/C30H41N9O3.C21H26N8O/c1-21-18-37(19-22(2)39(21)23(3)40)27-17-26(11-12-31-27)38-20-32-28(34-38)33-24-7-9-25(10-8-24)35-13-15-36(16-14-35)29(41)42-30(4,5)6;1-14-11-27(12-15(2)29(14)16(3)30)20-10-19(8-9-23-20)28-13-24-21(26-28)25-18-6-4-17(22)5-7-18/h7-12,17,20-22H,13-16,18-19H2,1-6H3,(H,33,34);4-10,13-15H,11-12,22H2,1-3H3,(H,25,26)/t21-,22+;14-,15+. The van der Waals surface area contributed by atoms with Gasteiger partial charge in [-0.1, -0.05) is 0 Å². The predicted octanol–water partition coefficient (Wildman–Crippen LogP) is 6.34. The van der Waals surface area contributed by atoms with E-state index in [1.54, 1.807) is 53.2 Å². The molecule has 4 atom stereocenters. The largest absolute Gasteiger partial charge is 0.444 e. The fraction of sp³-hybridized carbons (Fsp3) is 0.431. The van der Waals surface area contributed by atoms with Crippen LogP contribution in [0.2, 0.25) is 0 Å². The van der Waals surface area contributed by atoms with Gasteiger partial charge in [-0.05, 0) is 109 Å². The molecule has 0 radical (unpaired) electrons. The molecule has 0 bridgehead atoms. The van der Waals surface area contributed by atoms with Crippen LogP contribution < -0.4 is 31.1 Å². The summed E-state index contributed by atoms with van der Waals surface area (Å²) in [5.41, 5.74) is 10.5. The maximum absolute atomic E-state index is 12.4. The first-order valence-corrected chi connectivity index (χ1v) is 24.4. The zero-order chi connectivity index (χ0) is 51.3. The van der Waals surface area contributed by atoms with Crippen LogP contribution in [0.5, 0.6) is 0 Å². The third-order valence-electron chi connectivity index (χ3n) is 12.8. The van der Waals surface area contributed by atoms with Gasteiger partial charge in [0.1, 0.15) is 29.9 Å². The Kier molecular flexibility index (Phi) is 15.1. The molecule has 21 heteroatoms. The van der Waals surface area contributed by atoms with Gasteiger partial charge in [0.2, 0.25) is 23.7 Å². The number of anilines is 8. The predicted molar refractivity (Wildman–Crippen MR) is 280 cm³/mol. The van der Waals surface area contributed by atoms with Crippen LogP contribution in [0, 0.1) is 0 Å². The fourth-order valence-corrected chi connectivity index (χ4v) is 9.65. The van der Waals surface area contributed by atoms with Gasteiger partial charge in [0.25, 0.3) is 0 Å². The molecule has 4 N–H and O–H groups in total. The number of hydrogen-bond acceptors (Lipinski definition) is 16. The summed E-state index contributed by atoms with van der Waals surface area (Å²) in [5.74, 6) is 2.91. The number of hydrogen-bond donors (Lipinski definition) is 3. The van der Waals surface area contributed by atoms with Crippen LogP contribution in [0.1, 0.15) is 62.3 Å². The molecule has 21 nitrogen and oxygen atoms in total. The number of pyridine rings is 2. The summed E-state index contributed by atoms with van der Waals surface area (Å²) in [5, 5.41) is 15.6. The minimum atomic E-state index is -0.492. The molecule has 3 aliphatic rings. The molecule has 0 spiro atoms. The van der Waals surface area contributed by atoms with Crippen molar-refractivity contribution in [3.63, 3.8) is 0 Å². The number of nitrogens with two attached hydrogens (primary N) is 1. The number of carbonyl (C=O) groups excluding carboxylic acids is 3. The molecule has 380 valence electrons. The van der Waals surface area contributed by atoms with Crippen molar-refractivity contribution in [3.8, 4) is 11.4 Å². The first kappa shape index (κ1) is 50.4. The number of ether oxygens (including phenoxy) is 1. The average Bonchev–Trinajstić information content (AvgIpc) is 4.02. The minimum absolute atomic E-state index is 0.103. The summed E-state index contributed by atoms with van der Waals surface area (Å²) in [6.07, 6.45) is 6.63. The quantitative estimate of drug-likeness (QED) is 0.135. The highest BCUT2D eigenvalue weighted by Crippen LogP contribution is 2.27. The highest BCUT2D eigenvalue weighted by Gasteiger charge is 2.33. The lowest BCUT2D eigenvalue weighted by Gasteiger charge is -2.44. The Bertz CT molecular complexity index is 2780. The molecule has 4 aromatic heterocycles. The number of benzene rings is 2. The monoisotopic (exact) mass is 982 g/mol. The number of nitrogen functional groups attached to an aromatic ring is 1. The smallest absolute Gasteiger partial charge is 0.410 e. The third kappa shape index (κ3) is 12.3. The number of piperazine rings is 3. The van der Waals surface area contributed by atoms with Crippen LogP contribution in [0.4, 0.5) is 51.1 Å². The van der Waals surface area contributed by atoms with E-state index in [1.807, 2.05) is 91.2 Å².